The molecule has 1 aromatic carbocycles. The van der Waals surface area contributed by atoms with Crippen molar-refractivity contribution in [2.75, 3.05) is 25.5 Å². The first kappa shape index (κ1) is 13.3. The van der Waals surface area contributed by atoms with Crippen LogP contribution in [-0.2, 0) is 0 Å². The van der Waals surface area contributed by atoms with Crippen LogP contribution < -0.4 is 4.90 Å². The van der Waals surface area contributed by atoms with Gasteiger partial charge in [-0.1, -0.05) is 6.92 Å². The predicted molar refractivity (Wildman–Crippen MR) is 74.5 cm³/mol. The van der Waals surface area contributed by atoms with Crippen molar-refractivity contribution in [1.29, 1.82) is 0 Å². The third-order valence-corrected chi connectivity index (χ3v) is 4.30. The van der Waals surface area contributed by atoms with Crippen molar-refractivity contribution >= 4 is 5.69 Å². The minimum Gasteiger partial charge on any atom is -0.371 e. The summed E-state index contributed by atoms with van der Waals surface area (Å²) < 4.78 is 13.0. The number of piperidine rings is 1. The van der Waals surface area contributed by atoms with E-state index in [1.807, 2.05) is 12.1 Å². The fraction of sp³-hybridized carbons (Fsp3) is 0.600. The van der Waals surface area contributed by atoms with E-state index in [4.69, 9.17) is 0 Å². The van der Waals surface area contributed by atoms with Gasteiger partial charge in [-0.2, -0.15) is 0 Å². The van der Waals surface area contributed by atoms with Crippen LogP contribution in [0.25, 0.3) is 0 Å². The molecule has 18 heavy (non-hydrogen) atoms. The lowest BCUT2D eigenvalue weighted by Gasteiger charge is -2.44. The molecular formula is C15H23FN2. The van der Waals surface area contributed by atoms with E-state index in [1.54, 1.807) is 0 Å². The Labute approximate surface area is 109 Å². The molecule has 0 amide bonds. The number of benzene rings is 1. The van der Waals surface area contributed by atoms with E-state index >= 15 is 0 Å². The summed E-state index contributed by atoms with van der Waals surface area (Å²) in [5.74, 6) is 0.457. The van der Waals surface area contributed by atoms with Crippen LogP contribution >= 0.6 is 0 Å². The molecule has 100 valence electrons. The fourth-order valence-electron chi connectivity index (χ4n) is 2.93. The van der Waals surface area contributed by atoms with E-state index in [-0.39, 0.29) is 5.82 Å². The zero-order valence-electron chi connectivity index (χ0n) is 11.7. The maximum atomic E-state index is 13.0. The number of likely N-dealkylation sites (tertiary alicyclic amines) is 1. The van der Waals surface area contributed by atoms with Gasteiger partial charge in [0.2, 0.25) is 0 Å². The van der Waals surface area contributed by atoms with Crippen LogP contribution in [-0.4, -0.2) is 37.6 Å². The standard InChI is InChI=1S/C15H23FN2/c1-11-10-17(3)12(2)9-15(11)18(4)14-7-5-13(16)6-8-14/h5-8,11-12,15H,9-10H2,1-4H3/t11-,12+,15-/m1/s1. The third-order valence-electron chi connectivity index (χ3n) is 4.30. The number of hydrogen-bond donors (Lipinski definition) is 0. The Hall–Kier alpha value is -1.09. The average molecular weight is 250 g/mol. The Balaban J connectivity index is 2.12. The molecule has 0 aromatic heterocycles. The molecule has 0 saturated carbocycles. The highest BCUT2D eigenvalue weighted by molar-refractivity contribution is 5.46. The molecule has 1 fully saturated rings. The Morgan fingerprint density at radius 3 is 2.44 bits per heavy atom. The molecule has 0 spiro atoms. The quantitative estimate of drug-likeness (QED) is 0.796. The molecule has 0 bridgehead atoms. The van der Waals surface area contributed by atoms with Gasteiger partial charge in [0, 0.05) is 31.4 Å². The van der Waals surface area contributed by atoms with Gasteiger partial charge in [0.05, 0.1) is 0 Å². The predicted octanol–water partition coefficient (Wildman–Crippen LogP) is 2.99. The minimum absolute atomic E-state index is 0.169. The second kappa shape index (κ2) is 5.27. The summed E-state index contributed by atoms with van der Waals surface area (Å²) in [4.78, 5) is 4.72. The van der Waals surface area contributed by atoms with Crippen molar-refractivity contribution in [3.8, 4) is 0 Å². The molecule has 3 heteroatoms. The SMILES string of the molecule is C[C@@H]1CN(C)[C@@H](C)C[C@H]1N(C)c1ccc(F)cc1. The normalized spacial score (nSPS) is 29.3. The molecule has 1 heterocycles. The highest BCUT2D eigenvalue weighted by Crippen LogP contribution is 2.28. The van der Waals surface area contributed by atoms with Gasteiger partial charge in [-0.25, -0.2) is 4.39 Å². The van der Waals surface area contributed by atoms with E-state index < -0.39 is 0 Å². The van der Waals surface area contributed by atoms with Crippen LogP contribution in [0, 0.1) is 11.7 Å². The van der Waals surface area contributed by atoms with Crippen molar-refractivity contribution < 1.29 is 4.39 Å². The largest absolute Gasteiger partial charge is 0.371 e. The molecule has 2 nitrogen and oxygen atoms in total. The lowest BCUT2D eigenvalue weighted by Crippen LogP contribution is -2.51. The number of halogens is 1. The van der Waals surface area contributed by atoms with Crippen molar-refractivity contribution in [3.63, 3.8) is 0 Å². The minimum atomic E-state index is -0.169. The maximum absolute atomic E-state index is 13.0. The molecule has 3 atom stereocenters. The van der Waals surface area contributed by atoms with Crippen LogP contribution in [0.1, 0.15) is 20.3 Å². The molecule has 0 unspecified atom stereocenters. The van der Waals surface area contributed by atoms with Crippen LogP contribution in [0.5, 0.6) is 0 Å². The number of hydrogen-bond acceptors (Lipinski definition) is 2. The summed E-state index contributed by atoms with van der Waals surface area (Å²) in [7, 11) is 4.31. The van der Waals surface area contributed by atoms with Gasteiger partial charge >= 0.3 is 0 Å². The van der Waals surface area contributed by atoms with Crippen LogP contribution in [0.4, 0.5) is 10.1 Å². The van der Waals surface area contributed by atoms with Crippen molar-refractivity contribution in [3.05, 3.63) is 30.1 Å². The maximum Gasteiger partial charge on any atom is 0.123 e. The van der Waals surface area contributed by atoms with Gasteiger partial charge in [-0.15, -0.1) is 0 Å². The first-order chi connectivity index (χ1) is 8.49. The summed E-state index contributed by atoms with van der Waals surface area (Å²) in [5, 5.41) is 0. The number of rotatable bonds is 2. The van der Waals surface area contributed by atoms with Crippen molar-refractivity contribution in [1.82, 2.24) is 4.90 Å². The molecular weight excluding hydrogens is 227 g/mol. The van der Waals surface area contributed by atoms with Gasteiger partial charge < -0.3 is 9.80 Å². The van der Waals surface area contributed by atoms with Gasteiger partial charge in [0.25, 0.3) is 0 Å². The number of anilines is 1. The molecule has 0 aliphatic carbocycles. The molecule has 0 radical (unpaired) electrons. The second-order valence-electron chi connectivity index (χ2n) is 5.66. The molecule has 1 saturated heterocycles. The highest BCUT2D eigenvalue weighted by Gasteiger charge is 2.31. The van der Waals surface area contributed by atoms with Crippen LogP contribution in [0.2, 0.25) is 0 Å². The monoisotopic (exact) mass is 250 g/mol. The van der Waals surface area contributed by atoms with Gasteiger partial charge in [0.15, 0.2) is 0 Å². The molecule has 1 aliphatic heterocycles. The van der Waals surface area contributed by atoms with E-state index in [9.17, 15) is 4.39 Å². The zero-order chi connectivity index (χ0) is 13.3. The first-order valence-corrected chi connectivity index (χ1v) is 6.67. The molecule has 0 N–H and O–H groups in total. The molecule has 1 aliphatic rings. The van der Waals surface area contributed by atoms with E-state index in [1.165, 1.54) is 12.1 Å². The van der Waals surface area contributed by atoms with Gasteiger partial charge in [-0.3, -0.25) is 0 Å². The van der Waals surface area contributed by atoms with Crippen molar-refractivity contribution in [2.45, 2.75) is 32.4 Å². The smallest absolute Gasteiger partial charge is 0.123 e. The summed E-state index contributed by atoms with van der Waals surface area (Å²) >= 11 is 0. The van der Waals surface area contributed by atoms with E-state index in [0.717, 1.165) is 18.7 Å². The first-order valence-electron chi connectivity index (χ1n) is 6.67. The molecule has 1 aromatic rings. The molecule has 2 rings (SSSR count). The Kier molecular flexibility index (Phi) is 3.91. The van der Waals surface area contributed by atoms with Gasteiger partial charge in [-0.05, 0) is 50.6 Å². The van der Waals surface area contributed by atoms with Crippen LogP contribution in [0.3, 0.4) is 0 Å². The third kappa shape index (κ3) is 2.66. The summed E-state index contributed by atoms with van der Waals surface area (Å²) in [5.41, 5.74) is 1.10. The van der Waals surface area contributed by atoms with E-state index in [2.05, 4.69) is 37.7 Å². The summed E-state index contributed by atoms with van der Waals surface area (Å²) in [6.45, 7) is 5.70. The zero-order valence-corrected chi connectivity index (χ0v) is 11.7. The Bertz CT molecular complexity index is 390. The highest BCUT2D eigenvalue weighted by atomic mass is 19.1. The lowest BCUT2D eigenvalue weighted by molar-refractivity contribution is 0.136. The fourth-order valence-corrected chi connectivity index (χ4v) is 2.93. The average Bonchev–Trinajstić information content (AvgIpc) is 2.34. The van der Waals surface area contributed by atoms with Gasteiger partial charge in [0.1, 0.15) is 5.82 Å². The topological polar surface area (TPSA) is 6.48 Å². The van der Waals surface area contributed by atoms with Crippen molar-refractivity contribution in [2.24, 2.45) is 5.92 Å². The number of nitrogens with zero attached hydrogens (tertiary/aromatic N) is 2. The Morgan fingerprint density at radius 1 is 1.22 bits per heavy atom. The summed E-state index contributed by atoms with van der Waals surface area (Å²) in [6.07, 6.45) is 1.16. The Morgan fingerprint density at radius 2 is 1.83 bits per heavy atom. The van der Waals surface area contributed by atoms with Crippen LogP contribution in [0.15, 0.2) is 24.3 Å². The summed E-state index contributed by atoms with van der Waals surface area (Å²) in [6, 6.07) is 7.94. The lowest BCUT2D eigenvalue weighted by atomic mass is 9.88. The second-order valence-corrected chi connectivity index (χ2v) is 5.66. The van der Waals surface area contributed by atoms with E-state index in [0.29, 0.717) is 18.0 Å².